The molecular weight excluding hydrogens is 284 g/mol. The molecule has 0 aliphatic carbocycles. The predicted molar refractivity (Wildman–Crippen MR) is 93.7 cm³/mol. The van der Waals surface area contributed by atoms with Gasteiger partial charge in [-0.15, -0.1) is 0 Å². The van der Waals surface area contributed by atoms with Crippen LogP contribution in [0.4, 0.5) is 0 Å². The highest BCUT2D eigenvalue weighted by Gasteiger charge is 2.26. The van der Waals surface area contributed by atoms with Crippen LogP contribution in [0.2, 0.25) is 0 Å². The topological polar surface area (TPSA) is 34.1 Å². The Morgan fingerprint density at radius 2 is 1.39 bits per heavy atom. The molecule has 120 valence electrons. The molecule has 23 heavy (non-hydrogen) atoms. The van der Waals surface area contributed by atoms with Gasteiger partial charge in [-0.2, -0.15) is 0 Å². The van der Waals surface area contributed by atoms with Gasteiger partial charge in [0.1, 0.15) is 5.78 Å². The van der Waals surface area contributed by atoms with Crippen LogP contribution in [-0.4, -0.2) is 11.6 Å². The summed E-state index contributed by atoms with van der Waals surface area (Å²) < 4.78 is 0. The average Bonchev–Trinajstić information content (AvgIpc) is 2.55. The molecule has 0 heterocycles. The van der Waals surface area contributed by atoms with Gasteiger partial charge in [0.2, 0.25) is 0 Å². The van der Waals surface area contributed by atoms with E-state index in [1.165, 1.54) is 0 Å². The van der Waals surface area contributed by atoms with E-state index in [0.717, 1.165) is 5.56 Å². The van der Waals surface area contributed by atoms with Gasteiger partial charge in [-0.05, 0) is 12.0 Å². The maximum atomic E-state index is 12.9. The number of hydrogen-bond donors (Lipinski definition) is 0. The monoisotopic (exact) mass is 308 g/mol. The second kappa shape index (κ2) is 7.36. The molecule has 0 amide bonds. The van der Waals surface area contributed by atoms with Crippen LogP contribution in [0, 0.1) is 5.41 Å². The van der Waals surface area contributed by atoms with Crippen molar-refractivity contribution in [3.05, 3.63) is 71.8 Å². The van der Waals surface area contributed by atoms with E-state index in [4.69, 9.17) is 0 Å². The molecule has 2 heteroatoms. The number of hydrogen-bond acceptors (Lipinski definition) is 2. The van der Waals surface area contributed by atoms with E-state index in [0.29, 0.717) is 18.4 Å². The third-order valence-electron chi connectivity index (χ3n) is 4.07. The number of Topliss-reactive ketones (excluding diaryl/α,β-unsaturated/α-hetero) is 2. The van der Waals surface area contributed by atoms with Gasteiger partial charge in [-0.1, -0.05) is 81.4 Å². The molecule has 1 unspecified atom stereocenters. The van der Waals surface area contributed by atoms with Gasteiger partial charge in [0, 0.05) is 23.3 Å². The summed E-state index contributed by atoms with van der Waals surface area (Å²) in [6.07, 6.45) is 0.968. The lowest BCUT2D eigenvalue weighted by Crippen LogP contribution is -2.22. The van der Waals surface area contributed by atoms with Gasteiger partial charge < -0.3 is 0 Å². The number of carbonyl (C=O) groups is 2. The van der Waals surface area contributed by atoms with E-state index in [2.05, 4.69) is 0 Å². The molecule has 0 fully saturated rings. The van der Waals surface area contributed by atoms with Crippen LogP contribution in [0.25, 0.3) is 0 Å². The van der Waals surface area contributed by atoms with Gasteiger partial charge in [0.15, 0.2) is 5.78 Å². The SMILES string of the molecule is CC(C)(C)C(=O)CCC(C(=O)c1ccccc1)c1ccccc1. The van der Waals surface area contributed by atoms with Crippen molar-refractivity contribution in [1.82, 2.24) is 0 Å². The molecule has 0 aliphatic heterocycles. The molecule has 2 nitrogen and oxygen atoms in total. The van der Waals surface area contributed by atoms with Crippen molar-refractivity contribution < 1.29 is 9.59 Å². The van der Waals surface area contributed by atoms with E-state index in [-0.39, 0.29) is 22.9 Å². The van der Waals surface area contributed by atoms with Crippen molar-refractivity contribution in [3.8, 4) is 0 Å². The van der Waals surface area contributed by atoms with Crippen LogP contribution in [0.1, 0.15) is 55.5 Å². The zero-order valence-electron chi connectivity index (χ0n) is 14.1. The van der Waals surface area contributed by atoms with Gasteiger partial charge in [-0.3, -0.25) is 9.59 Å². The Kier molecular flexibility index (Phi) is 5.49. The summed E-state index contributed by atoms with van der Waals surface area (Å²) in [6.45, 7) is 5.77. The number of carbonyl (C=O) groups excluding carboxylic acids is 2. The fourth-order valence-electron chi connectivity index (χ4n) is 2.59. The second-order valence-electron chi connectivity index (χ2n) is 6.91. The molecule has 0 radical (unpaired) electrons. The number of ketones is 2. The first-order valence-corrected chi connectivity index (χ1v) is 8.07. The smallest absolute Gasteiger partial charge is 0.170 e. The molecule has 0 aromatic heterocycles. The molecular formula is C21H24O2. The van der Waals surface area contributed by atoms with Crippen LogP contribution in [0.15, 0.2) is 60.7 Å². The van der Waals surface area contributed by atoms with Gasteiger partial charge in [-0.25, -0.2) is 0 Å². The number of benzene rings is 2. The first-order valence-electron chi connectivity index (χ1n) is 8.07. The summed E-state index contributed by atoms with van der Waals surface area (Å²) in [4.78, 5) is 25.1. The zero-order chi connectivity index (χ0) is 16.9. The molecule has 1 atom stereocenters. The maximum Gasteiger partial charge on any atom is 0.170 e. The van der Waals surface area contributed by atoms with Crippen molar-refractivity contribution in [3.63, 3.8) is 0 Å². The molecule has 0 bridgehead atoms. The maximum absolute atomic E-state index is 12.9. The lowest BCUT2D eigenvalue weighted by molar-refractivity contribution is -0.126. The number of rotatable bonds is 6. The summed E-state index contributed by atoms with van der Waals surface area (Å²) in [5.41, 5.74) is 1.31. The first-order chi connectivity index (χ1) is 10.9. The largest absolute Gasteiger partial charge is 0.299 e. The fourth-order valence-corrected chi connectivity index (χ4v) is 2.59. The fraction of sp³-hybridized carbons (Fsp3) is 0.333. The van der Waals surface area contributed by atoms with E-state index >= 15 is 0 Å². The molecule has 0 N–H and O–H groups in total. The van der Waals surface area contributed by atoms with E-state index in [1.807, 2.05) is 81.4 Å². The minimum atomic E-state index is -0.364. The van der Waals surface area contributed by atoms with Crippen LogP contribution >= 0.6 is 0 Å². The summed E-state index contributed by atoms with van der Waals surface area (Å²) in [6, 6.07) is 19.1. The third kappa shape index (κ3) is 4.62. The molecule has 2 rings (SSSR count). The van der Waals surface area contributed by atoms with Crippen LogP contribution < -0.4 is 0 Å². The molecule has 2 aromatic carbocycles. The van der Waals surface area contributed by atoms with Crippen LogP contribution in [0.5, 0.6) is 0 Å². The predicted octanol–water partition coefficient (Wildman–Crippen LogP) is 5.05. The summed E-state index contributed by atoms with van der Waals surface area (Å²) in [5.74, 6) is 0.00250. The molecule has 0 spiro atoms. The van der Waals surface area contributed by atoms with Crippen molar-refractivity contribution in [2.75, 3.05) is 0 Å². The van der Waals surface area contributed by atoms with E-state index in [1.54, 1.807) is 0 Å². The first kappa shape index (κ1) is 17.1. The highest BCUT2D eigenvalue weighted by molar-refractivity contribution is 6.01. The highest BCUT2D eigenvalue weighted by Crippen LogP contribution is 2.28. The molecule has 0 saturated heterocycles. The van der Waals surface area contributed by atoms with E-state index < -0.39 is 0 Å². The average molecular weight is 308 g/mol. The van der Waals surface area contributed by atoms with E-state index in [9.17, 15) is 9.59 Å². The Bertz CT molecular complexity index is 651. The molecule has 2 aromatic rings. The minimum Gasteiger partial charge on any atom is -0.299 e. The van der Waals surface area contributed by atoms with Gasteiger partial charge in [0.05, 0.1) is 0 Å². The normalized spacial score (nSPS) is 12.7. The Balaban J connectivity index is 2.23. The van der Waals surface area contributed by atoms with Crippen LogP contribution in [-0.2, 0) is 4.79 Å². The Morgan fingerprint density at radius 3 is 1.91 bits per heavy atom. The Hall–Kier alpha value is -2.22. The highest BCUT2D eigenvalue weighted by atomic mass is 16.1. The molecule has 0 aliphatic rings. The lowest BCUT2D eigenvalue weighted by atomic mass is 9.82. The van der Waals surface area contributed by atoms with Crippen molar-refractivity contribution in [2.45, 2.75) is 39.5 Å². The quantitative estimate of drug-likeness (QED) is 0.700. The summed E-state index contributed by atoms with van der Waals surface area (Å²) in [7, 11) is 0. The van der Waals surface area contributed by atoms with Gasteiger partial charge >= 0.3 is 0 Å². The van der Waals surface area contributed by atoms with Crippen molar-refractivity contribution in [1.29, 1.82) is 0 Å². The standard InChI is InChI=1S/C21H24O2/c1-21(2,3)19(22)15-14-18(16-10-6-4-7-11-16)20(23)17-12-8-5-9-13-17/h4-13,18H,14-15H2,1-3H3. The molecule has 0 saturated carbocycles. The van der Waals surface area contributed by atoms with Crippen molar-refractivity contribution in [2.24, 2.45) is 5.41 Å². The van der Waals surface area contributed by atoms with Gasteiger partial charge in [0.25, 0.3) is 0 Å². The Morgan fingerprint density at radius 1 is 0.870 bits per heavy atom. The lowest BCUT2D eigenvalue weighted by Gasteiger charge is -2.20. The van der Waals surface area contributed by atoms with Crippen LogP contribution in [0.3, 0.4) is 0 Å². The minimum absolute atomic E-state index is 0.0820. The van der Waals surface area contributed by atoms with Crippen molar-refractivity contribution >= 4 is 11.6 Å². The third-order valence-corrected chi connectivity index (χ3v) is 4.07. The Labute approximate surface area is 138 Å². The second-order valence-corrected chi connectivity index (χ2v) is 6.91. The summed E-state index contributed by atoms with van der Waals surface area (Å²) >= 11 is 0. The zero-order valence-corrected chi connectivity index (χ0v) is 14.1. The summed E-state index contributed by atoms with van der Waals surface area (Å²) in [5, 5.41) is 0.